The highest BCUT2D eigenvalue weighted by molar-refractivity contribution is 4.80. The normalized spacial score (nSPS) is 12.7. The summed E-state index contributed by atoms with van der Waals surface area (Å²) < 4.78 is 10.9. The molecule has 0 aromatic heterocycles. The van der Waals surface area contributed by atoms with Crippen LogP contribution in [0.3, 0.4) is 0 Å². The van der Waals surface area contributed by atoms with Crippen LogP contribution in [0.25, 0.3) is 0 Å². The zero-order chi connectivity index (χ0) is 14.0. The largest absolute Gasteiger partial charge is 0.384 e. The second-order valence-corrected chi connectivity index (χ2v) is 6.58. The molecular formula is C16H34O2. The van der Waals surface area contributed by atoms with E-state index in [1.807, 2.05) is 14.2 Å². The molecule has 0 spiro atoms. The molecule has 0 aromatic carbocycles. The van der Waals surface area contributed by atoms with Gasteiger partial charge in [0.05, 0.1) is 13.2 Å². The van der Waals surface area contributed by atoms with Crippen LogP contribution in [0.5, 0.6) is 0 Å². The summed E-state index contributed by atoms with van der Waals surface area (Å²) >= 11 is 0. The summed E-state index contributed by atoms with van der Waals surface area (Å²) in [6.45, 7) is 10.8. The van der Waals surface area contributed by atoms with E-state index in [9.17, 15) is 0 Å². The molecule has 0 atom stereocenters. The molecule has 2 heteroatoms. The van der Waals surface area contributed by atoms with Gasteiger partial charge in [-0.2, -0.15) is 0 Å². The van der Waals surface area contributed by atoms with Gasteiger partial charge in [-0.15, -0.1) is 0 Å². The molecule has 0 bridgehead atoms. The van der Waals surface area contributed by atoms with Crippen LogP contribution in [0.2, 0.25) is 0 Å². The van der Waals surface area contributed by atoms with E-state index in [2.05, 4.69) is 27.7 Å². The lowest BCUT2D eigenvalue weighted by Crippen LogP contribution is -2.32. The van der Waals surface area contributed by atoms with Gasteiger partial charge in [0, 0.05) is 19.6 Å². The maximum absolute atomic E-state index is 5.47. The van der Waals surface area contributed by atoms with E-state index in [-0.39, 0.29) is 5.41 Å². The van der Waals surface area contributed by atoms with Crippen molar-refractivity contribution in [2.24, 2.45) is 17.3 Å². The van der Waals surface area contributed by atoms with Crippen LogP contribution in [0.1, 0.15) is 59.8 Å². The Labute approximate surface area is 114 Å². The summed E-state index contributed by atoms with van der Waals surface area (Å²) in [4.78, 5) is 0. The molecule has 0 rings (SSSR count). The van der Waals surface area contributed by atoms with E-state index in [4.69, 9.17) is 9.47 Å². The summed E-state index contributed by atoms with van der Waals surface area (Å²) in [5.41, 5.74) is 0.225. The molecule has 0 aliphatic heterocycles. The minimum absolute atomic E-state index is 0.225. The van der Waals surface area contributed by atoms with Gasteiger partial charge in [0.2, 0.25) is 0 Å². The van der Waals surface area contributed by atoms with Crippen LogP contribution < -0.4 is 0 Å². The summed E-state index contributed by atoms with van der Waals surface area (Å²) in [7, 11) is 3.62. The SMILES string of the molecule is COCC(CCCC(C)C)(CCC(C)C)COC. The summed E-state index contributed by atoms with van der Waals surface area (Å²) in [5.74, 6) is 1.54. The van der Waals surface area contributed by atoms with Gasteiger partial charge in [-0.25, -0.2) is 0 Å². The molecule has 0 aromatic rings. The second kappa shape index (κ2) is 9.80. The first-order chi connectivity index (χ1) is 8.45. The van der Waals surface area contributed by atoms with Crippen molar-refractivity contribution in [2.45, 2.75) is 59.8 Å². The topological polar surface area (TPSA) is 18.5 Å². The van der Waals surface area contributed by atoms with Gasteiger partial charge in [-0.3, -0.25) is 0 Å². The molecule has 18 heavy (non-hydrogen) atoms. The fraction of sp³-hybridized carbons (Fsp3) is 1.00. The molecule has 0 fully saturated rings. The van der Waals surface area contributed by atoms with Gasteiger partial charge in [0.25, 0.3) is 0 Å². The van der Waals surface area contributed by atoms with Crippen molar-refractivity contribution >= 4 is 0 Å². The smallest absolute Gasteiger partial charge is 0.0540 e. The zero-order valence-corrected chi connectivity index (χ0v) is 13.4. The Kier molecular flexibility index (Phi) is 9.76. The first-order valence-electron chi connectivity index (χ1n) is 7.43. The van der Waals surface area contributed by atoms with Gasteiger partial charge in [-0.05, 0) is 24.7 Å². The van der Waals surface area contributed by atoms with Crippen LogP contribution in [-0.2, 0) is 9.47 Å². The summed E-state index contributed by atoms with van der Waals surface area (Å²) in [6, 6.07) is 0. The van der Waals surface area contributed by atoms with Gasteiger partial charge < -0.3 is 9.47 Å². The molecule has 0 saturated carbocycles. The van der Waals surface area contributed by atoms with E-state index in [1.54, 1.807) is 0 Å². The fourth-order valence-electron chi connectivity index (χ4n) is 2.55. The van der Waals surface area contributed by atoms with E-state index >= 15 is 0 Å². The summed E-state index contributed by atoms with van der Waals surface area (Å²) in [6.07, 6.45) is 6.28. The van der Waals surface area contributed by atoms with Crippen molar-refractivity contribution in [2.75, 3.05) is 27.4 Å². The van der Waals surface area contributed by atoms with E-state index in [0.29, 0.717) is 0 Å². The third kappa shape index (κ3) is 8.10. The standard InChI is InChI=1S/C16H34O2/c1-14(2)8-7-10-16(12-17-5,13-18-6)11-9-15(3)4/h14-15H,7-13H2,1-6H3. The lowest BCUT2D eigenvalue weighted by atomic mass is 9.78. The highest BCUT2D eigenvalue weighted by atomic mass is 16.5. The Hall–Kier alpha value is -0.0800. The lowest BCUT2D eigenvalue weighted by molar-refractivity contribution is -0.00637. The Bertz CT molecular complexity index is 182. The van der Waals surface area contributed by atoms with E-state index in [1.165, 1.54) is 32.1 Å². The van der Waals surface area contributed by atoms with Crippen LogP contribution >= 0.6 is 0 Å². The quantitative estimate of drug-likeness (QED) is 0.542. The molecule has 0 radical (unpaired) electrons. The molecule has 0 amide bonds. The molecule has 0 unspecified atom stereocenters. The molecule has 0 aliphatic carbocycles. The Balaban J connectivity index is 4.41. The number of hydrogen-bond acceptors (Lipinski definition) is 2. The molecule has 0 N–H and O–H groups in total. The predicted molar refractivity (Wildman–Crippen MR) is 78.9 cm³/mol. The highest BCUT2D eigenvalue weighted by Gasteiger charge is 2.29. The van der Waals surface area contributed by atoms with Crippen molar-refractivity contribution in [1.82, 2.24) is 0 Å². The average Bonchev–Trinajstić information content (AvgIpc) is 2.26. The van der Waals surface area contributed by atoms with Crippen LogP contribution in [-0.4, -0.2) is 27.4 Å². The zero-order valence-electron chi connectivity index (χ0n) is 13.4. The third-order valence-electron chi connectivity index (χ3n) is 3.64. The van der Waals surface area contributed by atoms with Crippen molar-refractivity contribution < 1.29 is 9.47 Å². The predicted octanol–water partition coefficient (Wildman–Crippen LogP) is 4.53. The first kappa shape index (κ1) is 17.9. The van der Waals surface area contributed by atoms with Gasteiger partial charge in [-0.1, -0.05) is 47.0 Å². The third-order valence-corrected chi connectivity index (χ3v) is 3.64. The second-order valence-electron chi connectivity index (χ2n) is 6.58. The van der Waals surface area contributed by atoms with Crippen molar-refractivity contribution in [3.05, 3.63) is 0 Å². The van der Waals surface area contributed by atoms with Crippen LogP contribution in [0.4, 0.5) is 0 Å². The maximum atomic E-state index is 5.47. The van der Waals surface area contributed by atoms with Gasteiger partial charge in [0.1, 0.15) is 0 Å². The Morgan fingerprint density at radius 3 is 1.67 bits per heavy atom. The monoisotopic (exact) mass is 258 g/mol. The molecule has 2 nitrogen and oxygen atoms in total. The van der Waals surface area contributed by atoms with Crippen molar-refractivity contribution in [1.29, 1.82) is 0 Å². The molecule has 0 heterocycles. The Morgan fingerprint density at radius 1 is 0.778 bits per heavy atom. The number of hydrogen-bond donors (Lipinski definition) is 0. The number of ether oxygens (including phenoxy) is 2. The van der Waals surface area contributed by atoms with Gasteiger partial charge >= 0.3 is 0 Å². The maximum Gasteiger partial charge on any atom is 0.0540 e. The number of rotatable bonds is 11. The molecular weight excluding hydrogens is 224 g/mol. The van der Waals surface area contributed by atoms with Crippen LogP contribution in [0.15, 0.2) is 0 Å². The molecule has 110 valence electrons. The van der Waals surface area contributed by atoms with Gasteiger partial charge in [0.15, 0.2) is 0 Å². The van der Waals surface area contributed by atoms with Crippen molar-refractivity contribution in [3.8, 4) is 0 Å². The van der Waals surface area contributed by atoms with Crippen LogP contribution in [0, 0.1) is 17.3 Å². The number of methoxy groups -OCH3 is 2. The average molecular weight is 258 g/mol. The summed E-state index contributed by atoms with van der Waals surface area (Å²) in [5, 5.41) is 0. The highest BCUT2D eigenvalue weighted by Crippen LogP contribution is 2.33. The molecule has 0 aliphatic rings. The lowest BCUT2D eigenvalue weighted by Gasteiger charge is -2.33. The van der Waals surface area contributed by atoms with E-state index < -0.39 is 0 Å². The minimum Gasteiger partial charge on any atom is -0.384 e. The van der Waals surface area contributed by atoms with Crippen molar-refractivity contribution in [3.63, 3.8) is 0 Å². The van der Waals surface area contributed by atoms with E-state index in [0.717, 1.165) is 25.0 Å². The first-order valence-corrected chi connectivity index (χ1v) is 7.43. The Morgan fingerprint density at radius 2 is 1.28 bits per heavy atom. The molecule has 0 saturated heterocycles. The minimum atomic E-state index is 0.225. The fourth-order valence-corrected chi connectivity index (χ4v) is 2.55.